The van der Waals surface area contributed by atoms with Gasteiger partial charge in [0.1, 0.15) is 11.3 Å². The summed E-state index contributed by atoms with van der Waals surface area (Å²) in [5.41, 5.74) is -1.77. The lowest BCUT2D eigenvalue weighted by Crippen LogP contribution is -2.60. The first kappa shape index (κ1) is 21.0. The van der Waals surface area contributed by atoms with E-state index in [0.29, 0.717) is 22.5 Å². The topological polar surface area (TPSA) is 60.5 Å². The average Bonchev–Trinajstić information content (AvgIpc) is 2.97. The van der Waals surface area contributed by atoms with Gasteiger partial charge in [-0.1, -0.05) is 0 Å². The second kappa shape index (κ2) is 6.65. The van der Waals surface area contributed by atoms with Gasteiger partial charge in [-0.2, -0.15) is 0 Å². The zero-order valence-electron chi connectivity index (χ0n) is 16.9. The van der Waals surface area contributed by atoms with Gasteiger partial charge in [-0.15, -0.1) is 0 Å². The number of methoxy groups -OCH3 is 1. The van der Waals surface area contributed by atoms with Crippen molar-refractivity contribution in [3.05, 3.63) is 23.5 Å². The van der Waals surface area contributed by atoms with E-state index in [1.165, 1.54) is 13.2 Å². The van der Waals surface area contributed by atoms with Crippen LogP contribution in [0.1, 0.15) is 40.5 Å². The lowest BCUT2D eigenvalue weighted by atomic mass is 9.67. The molecule has 9 heteroatoms. The van der Waals surface area contributed by atoms with Crippen molar-refractivity contribution >= 4 is 28.6 Å². The number of halogens is 3. The molecular weight excluding hydrogens is 385 g/mol. The molecule has 1 aromatic heterocycles. The van der Waals surface area contributed by atoms with Crippen molar-refractivity contribution in [1.82, 2.24) is 9.55 Å². The van der Waals surface area contributed by atoms with Crippen LogP contribution in [0.15, 0.2) is 12.1 Å². The van der Waals surface area contributed by atoms with E-state index in [-0.39, 0.29) is 12.4 Å². The van der Waals surface area contributed by atoms with Gasteiger partial charge in [-0.3, -0.25) is 10.1 Å². The predicted octanol–water partition coefficient (Wildman–Crippen LogP) is 5.06. The van der Waals surface area contributed by atoms with E-state index in [1.807, 2.05) is 20.8 Å². The highest BCUT2D eigenvalue weighted by atomic mass is 19.3. The van der Waals surface area contributed by atoms with Gasteiger partial charge in [0.15, 0.2) is 11.4 Å². The van der Waals surface area contributed by atoms with Gasteiger partial charge < -0.3 is 9.30 Å². The van der Waals surface area contributed by atoms with Crippen LogP contribution in [0.5, 0.6) is 5.75 Å². The Balaban J connectivity index is 1.97. The Hall–Kier alpha value is -2.76. The number of anilines is 1. The SMILES string of the molecule is [C-]#[N+]c1cc(OC)c2nc(NC(=O)CC3CC(C)(F)C3(F)F)n(C(C)(C)C)c2c1. The fourth-order valence-electron chi connectivity index (χ4n) is 3.74. The van der Waals surface area contributed by atoms with Gasteiger partial charge in [0.2, 0.25) is 11.9 Å². The van der Waals surface area contributed by atoms with Crippen LogP contribution >= 0.6 is 0 Å². The summed E-state index contributed by atoms with van der Waals surface area (Å²) in [5, 5.41) is 2.58. The van der Waals surface area contributed by atoms with Crippen molar-refractivity contribution in [2.24, 2.45) is 5.92 Å². The highest BCUT2D eigenvalue weighted by molar-refractivity contribution is 5.94. The molecule has 1 fully saturated rings. The number of nitrogens with one attached hydrogen (secondary N) is 1. The summed E-state index contributed by atoms with van der Waals surface area (Å²) in [5.74, 6) is -5.04. The molecule has 2 atom stereocenters. The van der Waals surface area contributed by atoms with Crippen LogP contribution in [0.4, 0.5) is 24.8 Å². The molecule has 0 radical (unpaired) electrons. The smallest absolute Gasteiger partial charge is 0.284 e. The quantitative estimate of drug-likeness (QED) is 0.719. The molecule has 1 aromatic carbocycles. The number of nitrogens with zero attached hydrogens (tertiary/aromatic N) is 3. The molecule has 1 aliphatic carbocycles. The number of fused-ring (bicyclic) bond motifs is 1. The molecule has 0 aliphatic heterocycles. The third-order valence-corrected chi connectivity index (χ3v) is 5.25. The first-order chi connectivity index (χ1) is 13.3. The summed E-state index contributed by atoms with van der Waals surface area (Å²) in [7, 11) is 1.45. The van der Waals surface area contributed by atoms with E-state index >= 15 is 0 Å². The Morgan fingerprint density at radius 2 is 2.07 bits per heavy atom. The largest absolute Gasteiger partial charge is 0.496 e. The molecule has 0 saturated heterocycles. The van der Waals surface area contributed by atoms with E-state index in [0.717, 1.165) is 6.92 Å². The van der Waals surface area contributed by atoms with Crippen LogP contribution in [0.2, 0.25) is 0 Å². The van der Waals surface area contributed by atoms with Gasteiger partial charge in [0.25, 0.3) is 5.92 Å². The second-order valence-electron chi connectivity index (χ2n) is 8.54. The van der Waals surface area contributed by atoms with Crippen LogP contribution in [-0.4, -0.2) is 34.2 Å². The van der Waals surface area contributed by atoms with Crippen LogP contribution in [0.25, 0.3) is 15.9 Å². The second-order valence-corrected chi connectivity index (χ2v) is 8.54. The molecule has 0 spiro atoms. The van der Waals surface area contributed by atoms with Crippen molar-refractivity contribution in [2.75, 3.05) is 12.4 Å². The molecule has 6 nitrogen and oxygen atoms in total. The summed E-state index contributed by atoms with van der Waals surface area (Å²) in [4.78, 5) is 20.3. The predicted molar refractivity (Wildman–Crippen MR) is 103 cm³/mol. The highest BCUT2D eigenvalue weighted by Crippen LogP contribution is 2.55. The zero-order valence-corrected chi connectivity index (χ0v) is 16.9. The van der Waals surface area contributed by atoms with E-state index in [9.17, 15) is 18.0 Å². The molecule has 2 unspecified atom stereocenters. The molecule has 1 amide bonds. The molecular formula is C20H23F3N4O2. The summed E-state index contributed by atoms with van der Waals surface area (Å²) in [6.45, 7) is 13.8. The van der Waals surface area contributed by atoms with E-state index in [4.69, 9.17) is 11.3 Å². The van der Waals surface area contributed by atoms with Gasteiger partial charge in [-0.25, -0.2) is 23.0 Å². The number of hydrogen-bond donors (Lipinski definition) is 1. The Bertz CT molecular complexity index is 1020. The molecule has 0 bridgehead atoms. The lowest BCUT2D eigenvalue weighted by molar-refractivity contribution is -0.248. The molecule has 1 N–H and O–H groups in total. The van der Waals surface area contributed by atoms with Crippen LogP contribution in [-0.2, 0) is 10.3 Å². The van der Waals surface area contributed by atoms with Gasteiger partial charge in [0.05, 0.1) is 19.2 Å². The number of rotatable bonds is 4. The fraction of sp³-hybridized carbons (Fsp3) is 0.550. The fourth-order valence-corrected chi connectivity index (χ4v) is 3.74. The third kappa shape index (κ3) is 3.41. The Morgan fingerprint density at radius 1 is 1.41 bits per heavy atom. The van der Waals surface area contributed by atoms with Crippen LogP contribution < -0.4 is 10.1 Å². The maximum absolute atomic E-state index is 13.9. The number of hydrogen-bond acceptors (Lipinski definition) is 3. The van der Waals surface area contributed by atoms with Gasteiger partial charge in [-0.05, 0) is 46.2 Å². The van der Waals surface area contributed by atoms with Crippen molar-refractivity contribution in [2.45, 2.75) is 57.7 Å². The molecule has 1 saturated carbocycles. The highest BCUT2D eigenvalue weighted by Gasteiger charge is 2.67. The van der Waals surface area contributed by atoms with Crippen molar-refractivity contribution in [1.29, 1.82) is 0 Å². The number of benzene rings is 1. The molecule has 2 aromatic rings. The summed E-state index contributed by atoms with van der Waals surface area (Å²) >= 11 is 0. The summed E-state index contributed by atoms with van der Waals surface area (Å²) < 4.78 is 48.5. The number of amides is 1. The Kier molecular flexibility index (Phi) is 4.80. The Morgan fingerprint density at radius 3 is 2.55 bits per heavy atom. The first-order valence-electron chi connectivity index (χ1n) is 9.17. The van der Waals surface area contributed by atoms with Gasteiger partial charge >= 0.3 is 0 Å². The standard InChI is InChI=1S/C20H23F3N4O2/c1-18(2,3)27-13-8-12(24-5)9-14(29-6)16(13)26-17(27)25-15(28)7-11-10-19(4,21)20(11,22)23/h8-9,11H,7,10H2,1-4,6H3,(H,25,26,28). The van der Waals surface area contributed by atoms with Crippen molar-refractivity contribution < 1.29 is 22.7 Å². The zero-order chi connectivity index (χ0) is 21.8. The maximum atomic E-state index is 13.9. The van der Waals surface area contributed by atoms with E-state index in [2.05, 4.69) is 15.1 Å². The maximum Gasteiger partial charge on any atom is 0.284 e. The Labute approximate surface area is 166 Å². The minimum atomic E-state index is -3.54. The first-order valence-corrected chi connectivity index (χ1v) is 9.17. The van der Waals surface area contributed by atoms with Crippen molar-refractivity contribution in [3.8, 4) is 5.75 Å². The van der Waals surface area contributed by atoms with Crippen LogP contribution in [0, 0.1) is 12.5 Å². The number of carbonyl (C=O) groups excluding carboxylic acids is 1. The molecule has 156 valence electrons. The number of carbonyl (C=O) groups is 1. The lowest BCUT2D eigenvalue weighted by Gasteiger charge is -2.47. The summed E-state index contributed by atoms with van der Waals surface area (Å²) in [6, 6.07) is 3.17. The van der Waals surface area contributed by atoms with Gasteiger partial charge in [0, 0.05) is 17.9 Å². The number of imidazole rings is 1. The minimum absolute atomic E-state index is 0.156. The van der Waals surface area contributed by atoms with Crippen molar-refractivity contribution in [3.63, 3.8) is 0 Å². The third-order valence-electron chi connectivity index (χ3n) is 5.25. The molecule has 1 heterocycles. The molecule has 1 aliphatic rings. The number of alkyl halides is 3. The minimum Gasteiger partial charge on any atom is -0.496 e. The normalized spacial score (nSPS) is 23.3. The molecule has 29 heavy (non-hydrogen) atoms. The molecule has 3 rings (SSSR count). The number of aromatic nitrogens is 2. The van der Waals surface area contributed by atoms with E-state index < -0.39 is 35.4 Å². The summed E-state index contributed by atoms with van der Waals surface area (Å²) in [6.07, 6.45) is -0.879. The number of ether oxygens (including phenoxy) is 1. The van der Waals surface area contributed by atoms with E-state index in [1.54, 1.807) is 10.6 Å². The average molecular weight is 408 g/mol. The monoisotopic (exact) mass is 408 g/mol. The van der Waals surface area contributed by atoms with Crippen LogP contribution in [0.3, 0.4) is 0 Å².